The Morgan fingerprint density at radius 1 is 1.15 bits per heavy atom. The summed E-state index contributed by atoms with van der Waals surface area (Å²) in [6, 6.07) is 7.79. The average molecular weight is 570 g/mol. The molecular weight excluding hydrogens is 539 g/mol. The van der Waals surface area contributed by atoms with Crippen molar-refractivity contribution >= 4 is 29.2 Å². The van der Waals surface area contributed by atoms with E-state index in [2.05, 4.69) is 15.3 Å². The number of morpholine rings is 1. The zero-order valence-electron chi connectivity index (χ0n) is 22.3. The van der Waals surface area contributed by atoms with Crippen LogP contribution in [-0.4, -0.2) is 64.3 Å². The van der Waals surface area contributed by atoms with E-state index in [9.17, 15) is 22.8 Å². The molecule has 1 aromatic heterocycles. The van der Waals surface area contributed by atoms with Crippen molar-refractivity contribution in [3.8, 4) is 0 Å². The van der Waals surface area contributed by atoms with Crippen LogP contribution in [0.5, 0.6) is 0 Å². The average Bonchev–Trinajstić information content (AvgIpc) is 3.79. The zero-order valence-corrected chi connectivity index (χ0v) is 22.3. The van der Waals surface area contributed by atoms with Gasteiger partial charge in [0.15, 0.2) is 0 Å². The molecule has 2 atom stereocenters. The van der Waals surface area contributed by atoms with Gasteiger partial charge in [0.1, 0.15) is 17.4 Å². The first kappa shape index (κ1) is 28.1. The van der Waals surface area contributed by atoms with Gasteiger partial charge in [0.05, 0.1) is 36.6 Å². The van der Waals surface area contributed by atoms with Gasteiger partial charge in [0.2, 0.25) is 5.91 Å². The van der Waals surface area contributed by atoms with Crippen LogP contribution in [-0.2, 0) is 15.7 Å². The molecule has 0 spiro atoms. The Kier molecular flexibility index (Phi) is 7.72. The van der Waals surface area contributed by atoms with Crippen LogP contribution < -0.4 is 16.8 Å². The molecule has 3 aliphatic rings. The zero-order chi connectivity index (χ0) is 29.3. The number of nitrogens with two attached hydrogens (primary N) is 2. The minimum absolute atomic E-state index is 0.00281. The SMILES string of the molecule is C[C@H]1CO[C@@H](CN2C=CN=C(N)/C2=C(/N)c2ccc(C(=O)Nc3cc(C(F)(F)F)ccn3)cc2)CN1C(=O)C1CC1. The molecule has 1 saturated heterocycles. The van der Waals surface area contributed by atoms with Gasteiger partial charge in [-0.3, -0.25) is 9.59 Å². The smallest absolute Gasteiger partial charge is 0.396 e. The number of hydrogen-bond donors (Lipinski definition) is 3. The highest BCUT2D eigenvalue weighted by atomic mass is 19.4. The van der Waals surface area contributed by atoms with E-state index in [0.29, 0.717) is 36.7 Å². The highest BCUT2D eigenvalue weighted by Gasteiger charge is 2.39. The summed E-state index contributed by atoms with van der Waals surface area (Å²) in [5, 5.41) is 2.38. The number of nitrogens with zero attached hydrogens (tertiary/aromatic N) is 4. The summed E-state index contributed by atoms with van der Waals surface area (Å²) in [4.78, 5) is 37.1. The minimum atomic E-state index is -4.56. The van der Waals surface area contributed by atoms with Crippen LogP contribution in [0.4, 0.5) is 19.0 Å². The van der Waals surface area contributed by atoms with Crippen molar-refractivity contribution in [1.82, 2.24) is 14.8 Å². The lowest BCUT2D eigenvalue weighted by molar-refractivity contribution is -0.146. The number of hydrogen-bond acceptors (Lipinski definition) is 8. The van der Waals surface area contributed by atoms with E-state index in [1.54, 1.807) is 24.5 Å². The lowest BCUT2D eigenvalue weighted by atomic mass is 10.1. The Bertz CT molecular complexity index is 1420. The van der Waals surface area contributed by atoms with Gasteiger partial charge in [0.25, 0.3) is 5.91 Å². The molecule has 216 valence electrons. The maximum Gasteiger partial charge on any atom is 0.416 e. The van der Waals surface area contributed by atoms with E-state index >= 15 is 0 Å². The van der Waals surface area contributed by atoms with Crippen LogP contribution in [0.2, 0.25) is 0 Å². The number of ether oxygens (including phenoxy) is 1. The van der Waals surface area contributed by atoms with Crippen LogP contribution in [0.15, 0.2) is 65.7 Å². The first-order valence-electron chi connectivity index (χ1n) is 13.1. The quantitative estimate of drug-likeness (QED) is 0.486. The molecule has 13 heteroatoms. The largest absolute Gasteiger partial charge is 0.416 e. The molecular formula is C28H30F3N7O3. The van der Waals surface area contributed by atoms with E-state index in [-0.39, 0.29) is 41.2 Å². The standard InChI is InChI=1S/C28H30F3N7O3/c1-16-15-41-21(14-38(16)27(40)19-6-7-19)13-37-11-10-35-25(33)24(37)23(32)17-2-4-18(5-3-17)26(39)36-22-12-20(8-9-34-22)28(29,30)31/h2-5,8-12,16,19,21H,6-7,13-15,32H2,1H3,(H2,33,35)(H,34,36,39)/b24-23-/t16-,21-/m0/s1. The first-order valence-corrected chi connectivity index (χ1v) is 13.1. The Hall–Kier alpha value is -4.39. The van der Waals surface area contributed by atoms with Crippen molar-refractivity contribution in [3.05, 3.63) is 77.4 Å². The monoisotopic (exact) mass is 569 g/mol. The maximum atomic E-state index is 13.0. The van der Waals surface area contributed by atoms with E-state index < -0.39 is 17.6 Å². The van der Waals surface area contributed by atoms with Crippen molar-refractivity contribution < 1.29 is 27.5 Å². The number of rotatable bonds is 6. The number of carbonyl (C=O) groups excluding carboxylic acids is 2. The van der Waals surface area contributed by atoms with E-state index in [1.165, 1.54) is 12.1 Å². The summed E-state index contributed by atoms with van der Waals surface area (Å²) in [7, 11) is 0. The van der Waals surface area contributed by atoms with Gasteiger partial charge in [-0.25, -0.2) is 9.98 Å². The molecule has 3 heterocycles. The Morgan fingerprint density at radius 3 is 2.54 bits per heavy atom. The predicted molar refractivity (Wildman–Crippen MR) is 146 cm³/mol. The lowest BCUT2D eigenvalue weighted by Gasteiger charge is -2.40. The second-order valence-electron chi connectivity index (χ2n) is 10.3. The number of amides is 2. The maximum absolute atomic E-state index is 13.0. The summed E-state index contributed by atoms with van der Waals surface area (Å²) in [5.41, 5.74) is 13.3. The third-order valence-corrected chi connectivity index (χ3v) is 7.15. The van der Waals surface area contributed by atoms with Gasteiger partial charge in [-0.05, 0) is 49.6 Å². The summed E-state index contributed by atoms with van der Waals surface area (Å²) < 4.78 is 45.0. The molecule has 5 rings (SSSR count). The van der Waals surface area contributed by atoms with Crippen molar-refractivity contribution in [2.24, 2.45) is 22.4 Å². The fourth-order valence-electron chi connectivity index (χ4n) is 4.74. The van der Waals surface area contributed by atoms with Crippen molar-refractivity contribution in [2.45, 2.75) is 38.1 Å². The number of pyridine rings is 1. The van der Waals surface area contributed by atoms with Gasteiger partial charge in [-0.15, -0.1) is 0 Å². The number of amidine groups is 1. The van der Waals surface area contributed by atoms with E-state index in [0.717, 1.165) is 31.2 Å². The highest BCUT2D eigenvalue weighted by Crippen LogP contribution is 2.33. The molecule has 0 radical (unpaired) electrons. The normalized spacial score (nSPS) is 22.3. The van der Waals surface area contributed by atoms with Gasteiger partial charge in [-0.2, -0.15) is 13.2 Å². The number of alkyl halides is 3. The second-order valence-corrected chi connectivity index (χ2v) is 10.3. The Labute approximate surface area is 234 Å². The number of aliphatic imine (C=N–C) groups is 1. The number of nitrogens with one attached hydrogen (secondary N) is 1. The molecule has 0 unspecified atom stereocenters. The Balaban J connectivity index is 1.30. The highest BCUT2D eigenvalue weighted by molar-refractivity contribution is 6.05. The lowest BCUT2D eigenvalue weighted by Crippen LogP contribution is -2.54. The van der Waals surface area contributed by atoms with Crippen molar-refractivity contribution in [2.75, 3.05) is 25.0 Å². The number of halogens is 3. The summed E-state index contributed by atoms with van der Waals surface area (Å²) >= 11 is 0. The van der Waals surface area contributed by atoms with Crippen LogP contribution in [0.1, 0.15) is 41.3 Å². The second kappa shape index (κ2) is 11.2. The summed E-state index contributed by atoms with van der Waals surface area (Å²) in [6.07, 6.45) is 1.30. The van der Waals surface area contributed by atoms with Crippen LogP contribution in [0, 0.1) is 5.92 Å². The number of carbonyl (C=O) groups is 2. The molecule has 0 bridgehead atoms. The number of benzene rings is 1. The molecule has 2 amide bonds. The third kappa shape index (κ3) is 6.35. The summed E-state index contributed by atoms with van der Waals surface area (Å²) in [5.74, 6) is -0.374. The fraction of sp³-hybridized carbons (Fsp3) is 0.357. The molecule has 41 heavy (non-hydrogen) atoms. The van der Waals surface area contributed by atoms with Gasteiger partial charge in [-0.1, -0.05) is 12.1 Å². The van der Waals surface area contributed by atoms with Crippen LogP contribution >= 0.6 is 0 Å². The van der Waals surface area contributed by atoms with Gasteiger partial charge in [0, 0.05) is 36.6 Å². The number of anilines is 1. The van der Waals surface area contributed by atoms with E-state index in [1.807, 2.05) is 16.7 Å². The topological polar surface area (TPSA) is 139 Å². The Morgan fingerprint density at radius 2 is 1.85 bits per heavy atom. The van der Waals surface area contributed by atoms with Crippen LogP contribution in [0.25, 0.3) is 5.70 Å². The molecule has 2 fully saturated rings. The molecule has 2 aromatic rings. The third-order valence-electron chi connectivity index (χ3n) is 7.15. The molecule has 2 aliphatic heterocycles. The molecule has 1 aliphatic carbocycles. The van der Waals surface area contributed by atoms with Crippen molar-refractivity contribution in [3.63, 3.8) is 0 Å². The summed E-state index contributed by atoms with van der Waals surface area (Å²) in [6.45, 7) is 3.24. The first-order chi connectivity index (χ1) is 19.5. The fourth-order valence-corrected chi connectivity index (χ4v) is 4.74. The van der Waals surface area contributed by atoms with Crippen molar-refractivity contribution in [1.29, 1.82) is 0 Å². The minimum Gasteiger partial charge on any atom is -0.396 e. The number of aromatic nitrogens is 1. The van der Waals surface area contributed by atoms with Crippen LogP contribution in [0.3, 0.4) is 0 Å². The predicted octanol–water partition coefficient (Wildman–Crippen LogP) is 3.15. The van der Waals surface area contributed by atoms with E-state index in [4.69, 9.17) is 16.2 Å². The van der Waals surface area contributed by atoms with Gasteiger partial charge >= 0.3 is 6.18 Å². The molecule has 1 saturated carbocycles. The molecule has 1 aromatic carbocycles. The molecule has 10 nitrogen and oxygen atoms in total. The molecule has 5 N–H and O–H groups in total. The van der Waals surface area contributed by atoms with Gasteiger partial charge < -0.3 is 31.3 Å².